The van der Waals surface area contributed by atoms with E-state index < -0.39 is 0 Å². The van der Waals surface area contributed by atoms with E-state index in [0.717, 1.165) is 37.4 Å². The van der Waals surface area contributed by atoms with Crippen LogP contribution in [0.5, 0.6) is 0 Å². The van der Waals surface area contributed by atoms with Gasteiger partial charge >= 0.3 is 0 Å². The summed E-state index contributed by atoms with van der Waals surface area (Å²) in [6.45, 7) is 2.87. The van der Waals surface area contributed by atoms with Gasteiger partial charge in [0.2, 0.25) is 0 Å². The summed E-state index contributed by atoms with van der Waals surface area (Å²) in [6.07, 6.45) is 5.77. The first kappa shape index (κ1) is 14.1. The SMILES string of the molecule is O=COC(CCCC1CCNCC1)c1ccccc1. The van der Waals surface area contributed by atoms with Crippen LogP contribution in [0.2, 0.25) is 0 Å². The maximum atomic E-state index is 10.6. The van der Waals surface area contributed by atoms with Gasteiger partial charge in [-0.15, -0.1) is 0 Å². The van der Waals surface area contributed by atoms with Crippen molar-refractivity contribution in [3.8, 4) is 0 Å². The van der Waals surface area contributed by atoms with Crippen LogP contribution in [0.3, 0.4) is 0 Å². The Morgan fingerprint density at radius 3 is 2.68 bits per heavy atom. The average molecular weight is 261 g/mol. The van der Waals surface area contributed by atoms with Gasteiger partial charge in [0.05, 0.1) is 0 Å². The Morgan fingerprint density at radius 2 is 2.00 bits per heavy atom. The molecule has 0 bridgehead atoms. The van der Waals surface area contributed by atoms with Crippen molar-refractivity contribution in [3.05, 3.63) is 35.9 Å². The van der Waals surface area contributed by atoms with Gasteiger partial charge in [-0.2, -0.15) is 0 Å². The lowest BCUT2D eigenvalue weighted by molar-refractivity contribution is -0.134. The summed E-state index contributed by atoms with van der Waals surface area (Å²) in [4.78, 5) is 10.6. The van der Waals surface area contributed by atoms with E-state index in [0.29, 0.717) is 6.47 Å². The zero-order valence-corrected chi connectivity index (χ0v) is 11.4. The van der Waals surface area contributed by atoms with E-state index in [1.165, 1.54) is 19.3 Å². The lowest BCUT2D eigenvalue weighted by Crippen LogP contribution is -2.27. The second kappa shape index (κ2) is 7.95. The molecule has 1 saturated heterocycles. The molecule has 1 aromatic carbocycles. The van der Waals surface area contributed by atoms with Gasteiger partial charge in [0, 0.05) is 0 Å². The van der Waals surface area contributed by atoms with Crippen molar-refractivity contribution in [1.29, 1.82) is 0 Å². The minimum Gasteiger partial charge on any atom is -0.460 e. The minimum atomic E-state index is -0.0829. The zero-order chi connectivity index (χ0) is 13.3. The molecule has 3 nitrogen and oxygen atoms in total. The van der Waals surface area contributed by atoms with E-state index in [1.54, 1.807) is 0 Å². The molecule has 1 N–H and O–H groups in total. The highest BCUT2D eigenvalue weighted by Crippen LogP contribution is 2.26. The van der Waals surface area contributed by atoms with Crippen LogP contribution in [0.1, 0.15) is 43.8 Å². The van der Waals surface area contributed by atoms with Crippen LogP contribution in [-0.4, -0.2) is 19.6 Å². The van der Waals surface area contributed by atoms with Gasteiger partial charge in [-0.1, -0.05) is 36.8 Å². The molecule has 1 fully saturated rings. The molecule has 1 heterocycles. The number of hydrogen-bond acceptors (Lipinski definition) is 3. The predicted octanol–water partition coefficient (Wildman–Crippen LogP) is 3.07. The number of benzene rings is 1. The molecule has 0 amide bonds. The van der Waals surface area contributed by atoms with E-state index >= 15 is 0 Å². The van der Waals surface area contributed by atoms with E-state index in [2.05, 4.69) is 5.32 Å². The Labute approximate surface area is 115 Å². The fourth-order valence-electron chi connectivity index (χ4n) is 2.81. The fraction of sp³-hybridized carbons (Fsp3) is 0.562. The second-order valence-electron chi connectivity index (χ2n) is 5.26. The van der Waals surface area contributed by atoms with Crippen LogP contribution in [0.15, 0.2) is 30.3 Å². The van der Waals surface area contributed by atoms with Gasteiger partial charge in [0.1, 0.15) is 6.10 Å². The Bertz CT molecular complexity index is 360. The van der Waals surface area contributed by atoms with E-state index in [-0.39, 0.29) is 6.10 Å². The van der Waals surface area contributed by atoms with Gasteiger partial charge in [-0.25, -0.2) is 0 Å². The maximum Gasteiger partial charge on any atom is 0.293 e. The summed E-state index contributed by atoms with van der Waals surface area (Å²) in [7, 11) is 0. The zero-order valence-electron chi connectivity index (χ0n) is 11.4. The summed E-state index contributed by atoms with van der Waals surface area (Å²) in [5.41, 5.74) is 1.10. The van der Waals surface area contributed by atoms with Gasteiger partial charge < -0.3 is 10.1 Å². The largest absolute Gasteiger partial charge is 0.460 e. The van der Waals surface area contributed by atoms with Gasteiger partial charge in [-0.3, -0.25) is 4.79 Å². The molecular weight excluding hydrogens is 238 g/mol. The lowest BCUT2D eigenvalue weighted by atomic mass is 9.91. The molecule has 19 heavy (non-hydrogen) atoms. The van der Waals surface area contributed by atoms with Crippen molar-refractivity contribution < 1.29 is 9.53 Å². The van der Waals surface area contributed by atoms with Crippen molar-refractivity contribution in [2.45, 2.75) is 38.2 Å². The minimum absolute atomic E-state index is 0.0829. The van der Waals surface area contributed by atoms with Crippen LogP contribution >= 0.6 is 0 Å². The van der Waals surface area contributed by atoms with Crippen molar-refractivity contribution in [2.24, 2.45) is 5.92 Å². The highest BCUT2D eigenvalue weighted by Gasteiger charge is 2.15. The fourth-order valence-corrected chi connectivity index (χ4v) is 2.81. The highest BCUT2D eigenvalue weighted by molar-refractivity contribution is 5.38. The number of hydrogen-bond donors (Lipinski definition) is 1. The van der Waals surface area contributed by atoms with E-state index in [9.17, 15) is 4.79 Å². The molecule has 0 aliphatic carbocycles. The molecule has 1 aliphatic rings. The molecule has 2 rings (SSSR count). The summed E-state index contributed by atoms with van der Waals surface area (Å²) < 4.78 is 5.22. The first-order valence-electron chi connectivity index (χ1n) is 7.25. The molecule has 1 aromatic rings. The van der Waals surface area contributed by atoms with Gasteiger partial charge in [-0.05, 0) is 50.3 Å². The molecule has 104 valence electrons. The maximum absolute atomic E-state index is 10.6. The molecule has 0 spiro atoms. The summed E-state index contributed by atoms with van der Waals surface area (Å²) in [5.74, 6) is 0.842. The number of carbonyl (C=O) groups excluding carboxylic acids is 1. The summed E-state index contributed by atoms with van der Waals surface area (Å²) >= 11 is 0. The summed E-state index contributed by atoms with van der Waals surface area (Å²) in [5, 5.41) is 3.39. The number of ether oxygens (including phenoxy) is 1. The third kappa shape index (κ3) is 4.67. The number of carbonyl (C=O) groups is 1. The highest BCUT2D eigenvalue weighted by atomic mass is 16.5. The van der Waals surface area contributed by atoms with Crippen LogP contribution in [0.25, 0.3) is 0 Å². The Kier molecular flexibility index (Phi) is 5.89. The van der Waals surface area contributed by atoms with Crippen molar-refractivity contribution in [3.63, 3.8) is 0 Å². The molecule has 0 radical (unpaired) electrons. The van der Waals surface area contributed by atoms with Crippen LogP contribution in [0, 0.1) is 5.92 Å². The third-order valence-electron chi connectivity index (χ3n) is 3.93. The van der Waals surface area contributed by atoms with Crippen LogP contribution in [-0.2, 0) is 9.53 Å². The molecule has 1 aliphatic heterocycles. The third-order valence-corrected chi connectivity index (χ3v) is 3.93. The topological polar surface area (TPSA) is 38.3 Å². The van der Waals surface area contributed by atoms with Crippen LogP contribution < -0.4 is 5.32 Å². The van der Waals surface area contributed by atoms with E-state index in [1.807, 2.05) is 30.3 Å². The lowest BCUT2D eigenvalue weighted by Gasteiger charge is -2.23. The normalized spacial score (nSPS) is 17.9. The van der Waals surface area contributed by atoms with Crippen LogP contribution in [0.4, 0.5) is 0 Å². The molecule has 1 unspecified atom stereocenters. The first-order chi connectivity index (χ1) is 9.40. The molecule has 0 aromatic heterocycles. The summed E-state index contributed by atoms with van der Waals surface area (Å²) in [6, 6.07) is 10.0. The monoisotopic (exact) mass is 261 g/mol. The number of piperidine rings is 1. The molecule has 0 saturated carbocycles. The second-order valence-corrected chi connectivity index (χ2v) is 5.26. The molecular formula is C16H23NO2. The van der Waals surface area contributed by atoms with Crippen molar-refractivity contribution >= 4 is 6.47 Å². The number of rotatable bonds is 7. The quantitative estimate of drug-likeness (QED) is 0.767. The predicted molar refractivity (Wildman–Crippen MR) is 75.8 cm³/mol. The smallest absolute Gasteiger partial charge is 0.293 e. The molecule has 1 atom stereocenters. The molecule has 3 heteroatoms. The van der Waals surface area contributed by atoms with Crippen molar-refractivity contribution in [1.82, 2.24) is 5.32 Å². The van der Waals surface area contributed by atoms with E-state index in [4.69, 9.17) is 4.74 Å². The Balaban J connectivity index is 1.78. The Hall–Kier alpha value is -1.35. The van der Waals surface area contributed by atoms with Crippen molar-refractivity contribution in [2.75, 3.05) is 13.1 Å². The Morgan fingerprint density at radius 1 is 1.26 bits per heavy atom. The van der Waals surface area contributed by atoms with Gasteiger partial charge in [0.25, 0.3) is 6.47 Å². The standard InChI is InChI=1S/C16H23NO2/c18-13-19-16(15-6-2-1-3-7-15)8-4-5-14-9-11-17-12-10-14/h1-3,6-7,13-14,16-17H,4-5,8-12H2. The van der Waals surface area contributed by atoms with Gasteiger partial charge in [0.15, 0.2) is 0 Å². The number of nitrogens with one attached hydrogen (secondary N) is 1. The first-order valence-corrected chi connectivity index (χ1v) is 7.25. The average Bonchev–Trinajstić information content (AvgIpc) is 2.48.